The van der Waals surface area contributed by atoms with E-state index in [0.717, 1.165) is 32.9 Å². The van der Waals surface area contributed by atoms with Gasteiger partial charge in [0.2, 0.25) is 10.0 Å². The highest BCUT2D eigenvalue weighted by Gasteiger charge is 2.33. The van der Waals surface area contributed by atoms with E-state index in [9.17, 15) is 30.0 Å². The molecule has 2 rings (SSSR count). The zero-order valence-corrected chi connectivity index (χ0v) is 14.7. The Morgan fingerprint density at radius 1 is 0.960 bits per heavy atom. The summed E-state index contributed by atoms with van der Waals surface area (Å²) in [6.45, 7) is -0.191. The Labute approximate surface area is 143 Å². The van der Waals surface area contributed by atoms with E-state index < -0.39 is 32.3 Å². The standard InChI is InChI=1S/C12H16F3N3O5S2/c1-16-25(21,22)18-8-6-17(7-9-18)24(19,20)11-4-2-10(3-5-11)23-12(13,14)15/h2-5,16H,6-9H2,1H3. The van der Waals surface area contributed by atoms with Crippen molar-refractivity contribution in [1.82, 2.24) is 13.3 Å². The molecule has 0 bridgehead atoms. The van der Waals surface area contributed by atoms with Gasteiger partial charge in [-0.05, 0) is 24.3 Å². The quantitative estimate of drug-likeness (QED) is 0.766. The van der Waals surface area contributed by atoms with Crippen LogP contribution in [0.15, 0.2) is 29.2 Å². The van der Waals surface area contributed by atoms with Crippen LogP contribution in [0.1, 0.15) is 0 Å². The molecule has 1 saturated heterocycles. The lowest BCUT2D eigenvalue weighted by atomic mass is 10.3. The van der Waals surface area contributed by atoms with Crippen LogP contribution in [0.25, 0.3) is 0 Å². The number of sulfonamides is 1. The smallest absolute Gasteiger partial charge is 0.406 e. The molecule has 0 amide bonds. The number of alkyl halides is 3. The molecule has 25 heavy (non-hydrogen) atoms. The molecule has 0 saturated carbocycles. The van der Waals surface area contributed by atoms with E-state index in [4.69, 9.17) is 0 Å². The lowest BCUT2D eigenvalue weighted by Crippen LogP contribution is -2.52. The van der Waals surface area contributed by atoms with Crippen molar-refractivity contribution in [3.05, 3.63) is 24.3 Å². The second-order valence-electron chi connectivity index (χ2n) is 5.03. The number of piperazine rings is 1. The third-order valence-corrected chi connectivity index (χ3v) is 6.96. The largest absolute Gasteiger partial charge is 0.573 e. The Kier molecular flexibility index (Phi) is 5.63. The van der Waals surface area contributed by atoms with E-state index in [0.29, 0.717) is 0 Å². The molecule has 1 aromatic rings. The molecule has 0 unspecified atom stereocenters. The van der Waals surface area contributed by atoms with Gasteiger partial charge in [0, 0.05) is 33.2 Å². The normalized spacial score (nSPS) is 18.2. The maximum atomic E-state index is 12.5. The van der Waals surface area contributed by atoms with Gasteiger partial charge in [0.25, 0.3) is 10.2 Å². The molecule has 0 atom stereocenters. The SMILES string of the molecule is CNS(=O)(=O)N1CCN(S(=O)(=O)c2ccc(OC(F)(F)F)cc2)CC1. The minimum Gasteiger partial charge on any atom is -0.406 e. The lowest BCUT2D eigenvalue weighted by Gasteiger charge is -2.32. The minimum absolute atomic E-state index is 0.0301. The van der Waals surface area contributed by atoms with Crippen molar-refractivity contribution in [2.24, 2.45) is 0 Å². The maximum absolute atomic E-state index is 12.5. The van der Waals surface area contributed by atoms with Crippen molar-refractivity contribution in [3.63, 3.8) is 0 Å². The Morgan fingerprint density at radius 2 is 1.44 bits per heavy atom. The molecular weight excluding hydrogens is 387 g/mol. The van der Waals surface area contributed by atoms with Crippen LogP contribution in [0.5, 0.6) is 5.75 Å². The Balaban J connectivity index is 2.10. The third-order valence-electron chi connectivity index (χ3n) is 3.49. The Hall–Kier alpha value is -1.41. The predicted molar refractivity (Wildman–Crippen MR) is 81.4 cm³/mol. The second kappa shape index (κ2) is 7.07. The van der Waals surface area contributed by atoms with Gasteiger partial charge < -0.3 is 4.74 Å². The maximum Gasteiger partial charge on any atom is 0.573 e. The molecule has 8 nitrogen and oxygen atoms in total. The minimum atomic E-state index is -4.87. The van der Waals surface area contributed by atoms with Crippen molar-refractivity contribution in [2.45, 2.75) is 11.3 Å². The summed E-state index contributed by atoms with van der Waals surface area (Å²) in [7, 11) is -6.33. The first-order valence-electron chi connectivity index (χ1n) is 7.00. The highest BCUT2D eigenvalue weighted by Crippen LogP contribution is 2.25. The molecule has 0 aromatic heterocycles. The fourth-order valence-electron chi connectivity index (χ4n) is 2.24. The van der Waals surface area contributed by atoms with Crippen LogP contribution >= 0.6 is 0 Å². The zero-order chi connectivity index (χ0) is 18.9. The second-order valence-corrected chi connectivity index (χ2v) is 8.84. The van der Waals surface area contributed by atoms with Gasteiger partial charge in [0.05, 0.1) is 4.90 Å². The first-order chi connectivity index (χ1) is 11.5. The zero-order valence-electron chi connectivity index (χ0n) is 13.0. The highest BCUT2D eigenvalue weighted by atomic mass is 32.2. The molecule has 1 aromatic carbocycles. The molecule has 13 heteroatoms. The van der Waals surface area contributed by atoms with Crippen LogP contribution in [0.2, 0.25) is 0 Å². The molecule has 0 radical (unpaired) electrons. The molecule has 1 N–H and O–H groups in total. The highest BCUT2D eigenvalue weighted by molar-refractivity contribution is 7.89. The summed E-state index contributed by atoms with van der Waals surface area (Å²) in [6.07, 6.45) is -4.87. The summed E-state index contributed by atoms with van der Waals surface area (Å²) >= 11 is 0. The monoisotopic (exact) mass is 403 g/mol. The molecular formula is C12H16F3N3O5S2. The number of nitrogens with zero attached hydrogens (tertiary/aromatic N) is 2. The summed E-state index contributed by atoms with van der Waals surface area (Å²) in [5.41, 5.74) is 0. The number of benzene rings is 1. The molecule has 0 spiro atoms. The van der Waals surface area contributed by atoms with E-state index in [-0.39, 0.29) is 31.1 Å². The van der Waals surface area contributed by atoms with Crippen LogP contribution in [-0.4, -0.2) is 65.0 Å². The first kappa shape index (κ1) is 19.9. The van der Waals surface area contributed by atoms with Gasteiger partial charge in [0.15, 0.2) is 0 Å². The number of rotatable bonds is 5. The Morgan fingerprint density at radius 3 is 1.88 bits per heavy atom. The summed E-state index contributed by atoms with van der Waals surface area (Å²) in [5.74, 6) is -0.531. The van der Waals surface area contributed by atoms with E-state index >= 15 is 0 Å². The summed E-state index contributed by atoms with van der Waals surface area (Å²) < 4.78 is 92.7. The van der Waals surface area contributed by atoms with Crippen molar-refractivity contribution in [3.8, 4) is 5.75 Å². The van der Waals surface area contributed by atoms with Gasteiger partial charge in [-0.3, -0.25) is 0 Å². The van der Waals surface area contributed by atoms with Crippen molar-refractivity contribution in [1.29, 1.82) is 0 Å². The first-order valence-corrected chi connectivity index (χ1v) is 9.88. The summed E-state index contributed by atoms with van der Waals surface area (Å²) in [6, 6.07) is 3.82. The Bertz CT molecular complexity index is 801. The average Bonchev–Trinajstić information content (AvgIpc) is 2.54. The van der Waals surface area contributed by atoms with Crippen LogP contribution in [0, 0.1) is 0 Å². The van der Waals surface area contributed by atoms with Gasteiger partial charge in [-0.1, -0.05) is 0 Å². The van der Waals surface area contributed by atoms with Gasteiger partial charge >= 0.3 is 6.36 Å². The predicted octanol–water partition coefficient (Wildman–Crippen LogP) is 0.356. The van der Waals surface area contributed by atoms with E-state index in [1.165, 1.54) is 7.05 Å². The number of hydrogen-bond acceptors (Lipinski definition) is 5. The van der Waals surface area contributed by atoms with Crippen molar-refractivity contribution in [2.75, 3.05) is 33.2 Å². The summed E-state index contributed by atoms with van der Waals surface area (Å²) in [4.78, 5) is -0.202. The summed E-state index contributed by atoms with van der Waals surface area (Å²) in [5, 5.41) is 0. The van der Waals surface area contributed by atoms with Crippen LogP contribution in [0.4, 0.5) is 13.2 Å². The van der Waals surface area contributed by atoms with Crippen LogP contribution in [0.3, 0.4) is 0 Å². The van der Waals surface area contributed by atoms with E-state index in [1.807, 2.05) is 0 Å². The topological polar surface area (TPSA) is 96.0 Å². The fourth-order valence-corrected chi connectivity index (χ4v) is 4.57. The van der Waals surface area contributed by atoms with Gasteiger partial charge in [-0.15, -0.1) is 13.2 Å². The molecule has 0 aliphatic carbocycles. The van der Waals surface area contributed by atoms with Gasteiger partial charge in [-0.2, -0.15) is 17.0 Å². The van der Waals surface area contributed by atoms with Crippen LogP contribution < -0.4 is 9.46 Å². The van der Waals surface area contributed by atoms with Gasteiger partial charge in [-0.25, -0.2) is 13.1 Å². The third kappa shape index (κ3) is 4.82. The van der Waals surface area contributed by atoms with Crippen molar-refractivity contribution < 1.29 is 34.7 Å². The van der Waals surface area contributed by atoms with E-state index in [2.05, 4.69) is 9.46 Å². The van der Waals surface area contributed by atoms with E-state index in [1.54, 1.807) is 0 Å². The number of hydrogen-bond donors (Lipinski definition) is 1. The van der Waals surface area contributed by atoms with Crippen molar-refractivity contribution >= 4 is 20.2 Å². The van der Waals surface area contributed by atoms with Crippen LogP contribution in [-0.2, 0) is 20.2 Å². The van der Waals surface area contributed by atoms with Gasteiger partial charge in [0.1, 0.15) is 5.75 Å². The number of halogens is 3. The molecule has 1 fully saturated rings. The number of ether oxygens (including phenoxy) is 1. The molecule has 1 aliphatic heterocycles. The molecule has 1 aliphatic rings. The molecule has 1 heterocycles. The molecule has 142 valence electrons. The number of nitrogens with one attached hydrogen (secondary N) is 1. The lowest BCUT2D eigenvalue weighted by molar-refractivity contribution is -0.274. The fraction of sp³-hybridized carbons (Fsp3) is 0.500. The average molecular weight is 403 g/mol.